The molecule has 1 aliphatic rings. The molecule has 0 aromatic carbocycles. The number of amides is 11. The van der Waals surface area contributed by atoms with Crippen molar-refractivity contribution in [1.29, 1.82) is 0 Å². The third-order valence-electron chi connectivity index (χ3n) is 15.2. The Morgan fingerprint density at radius 2 is 0.925 bits per heavy atom. The van der Waals surface area contributed by atoms with E-state index in [1.54, 1.807) is 46.8 Å². The normalized spacial score (nSPS) is 27.7. The van der Waals surface area contributed by atoms with Crippen LogP contribution in [0.2, 0.25) is 0 Å². The van der Waals surface area contributed by atoms with Crippen LogP contribution in [0.1, 0.15) is 136 Å². The first kappa shape index (κ1) is 71.9. The van der Waals surface area contributed by atoms with E-state index < -0.39 is 150 Å². The number of hydrogen-bond donors (Lipinski definition) is 5. The molecule has 0 spiro atoms. The van der Waals surface area contributed by atoms with Crippen molar-refractivity contribution in [3.63, 3.8) is 0 Å². The first-order valence-corrected chi connectivity index (χ1v) is 28.3. The van der Waals surface area contributed by atoms with Gasteiger partial charge in [0.25, 0.3) is 0 Å². The number of aliphatic hydroxyl groups excluding tert-OH is 1. The molecular formula is C57H101N11O12. The van der Waals surface area contributed by atoms with Crippen LogP contribution in [0.3, 0.4) is 0 Å². The van der Waals surface area contributed by atoms with Crippen molar-refractivity contribution in [2.75, 3.05) is 55.9 Å². The molecule has 1 heterocycles. The van der Waals surface area contributed by atoms with E-state index in [0.29, 0.717) is 6.42 Å². The second-order valence-corrected chi connectivity index (χ2v) is 23.6. The van der Waals surface area contributed by atoms with Gasteiger partial charge in [-0.1, -0.05) is 81.4 Å². The molecule has 12 atom stereocenters. The van der Waals surface area contributed by atoms with Crippen LogP contribution < -0.4 is 21.3 Å². The van der Waals surface area contributed by atoms with E-state index in [2.05, 4.69) is 21.3 Å². The quantitative estimate of drug-likeness (QED) is 0.175. The molecule has 23 nitrogen and oxygen atoms in total. The molecular weight excluding hydrogens is 1030 g/mol. The minimum atomic E-state index is -1.60. The highest BCUT2D eigenvalue weighted by atomic mass is 16.3. The SMILES string of the molecule is C/C=C/C[C@@H](C)[C@@H](O)[C@H]1C(=O)N[C@@H](CC)C(=O)N(C)CC(=O)N(C)[C@@H](C)C(=O)N[C@@H](CC(C)C)C(=O)N(C)[C@@H](C)C(=O)N[C@@H](C)C(=O)N[C@H](C)C(=O)N(C)[C@@H](CC(C)C)C(=O)N(C)[C@H](CC(C)C)C(=O)N(C)[C@@H](C(C)C)C(=O)N1C. The summed E-state index contributed by atoms with van der Waals surface area (Å²) in [6.45, 7) is 24.9. The van der Waals surface area contributed by atoms with Crippen LogP contribution in [-0.4, -0.2) is 227 Å². The molecule has 0 unspecified atom stereocenters. The summed E-state index contributed by atoms with van der Waals surface area (Å²) in [5.74, 6) is -9.20. The Kier molecular flexibility index (Phi) is 29.1. The van der Waals surface area contributed by atoms with Crippen molar-refractivity contribution < 1.29 is 57.8 Å². The number of allylic oxidation sites excluding steroid dienone is 2. The van der Waals surface area contributed by atoms with Gasteiger partial charge in [-0.15, -0.1) is 0 Å². The summed E-state index contributed by atoms with van der Waals surface area (Å²) < 4.78 is 0. The van der Waals surface area contributed by atoms with Gasteiger partial charge in [0.05, 0.1) is 12.6 Å². The second-order valence-electron chi connectivity index (χ2n) is 23.6. The second kappa shape index (κ2) is 32.3. The molecule has 0 saturated carbocycles. The van der Waals surface area contributed by atoms with Crippen molar-refractivity contribution in [2.24, 2.45) is 29.6 Å². The molecule has 0 radical (unpaired) electrons. The van der Waals surface area contributed by atoms with Crippen molar-refractivity contribution in [3.8, 4) is 0 Å². The highest BCUT2D eigenvalue weighted by molar-refractivity contribution is 5.99. The number of nitrogens with one attached hydrogen (secondary N) is 4. The fraction of sp³-hybridized carbons (Fsp3) is 0.772. The molecule has 1 fully saturated rings. The molecule has 80 heavy (non-hydrogen) atoms. The molecule has 1 rings (SSSR count). The lowest BCUT2D eigenvalue weighted by Crippen LogP contribution is -2.63. The summed E-state index contributed by atoms with van der Waals surface area (Å²) in [5.41, 5.74) is 0. The minimum Gasteiger partial charge on any atom is -0.390 e. The Morgan fingerprint density at radius 1 is 0.487 bits per heavy atom. The maximum Gasteiger partial charge on any atom is 0.246 e. The zero-order valence-electron chi connectivity index (χ0n) is 52.2. The van der Waals surface area contributed by atoms with Gasteiger partial charge in [0, 0.05) is 49.3 Å². The number of likely N-dealkylation sites (N-methyl/N-ethyl adjacent to an activating group) is 7. The lowest BCUT2D eigenvalue weighted by atomic mass is 9.91. The average Bonchev–Trinajstić information content (AvgIpc) is 3.38. The predicted octanol–water partition coefficient (Wildman–Crippen LogP) is 1.61. The molecule has 0 bridgehead atoms. The molecule has 23 heteroatoms. The molecule has 0 aliphatic carbocycles. The van der Waals surface area contributed by atoms with Crippen molar-refractivity contribution in [1.82, 2.24) is 55.6 Å². The first-order valence-electron chi connectivity index (χ1n) is 28.3. The van der Waals surface area contributed by atoms with Gasteiger partial charge in [-0.05, 0) is 96.3 Å². The minimum absolute atomic E-state index is 0.0245. The van der Waals surface area contributed by atoms with E-state index >= 15 is 9.59 Å². The Morgan fingerprint density at radius 3 is 1.40 bits per heavy atom. The summed E-state index contributed by atoms with van der Waals surface area (Å²) in [5, 5.41) is 22.7. The summed E-state index contributed by atoms with van der Waals surface area (Å²) in [6.07, 6.45) is 2.87. The number of rotatable bonds is 12. The van der Waals surface area contributed by atoms with Crippen LogP contribution in [0.15, 0.2) is 12.2 Å². The molecule has 5 N–H and O–H groups in total. The molecule has 0 aromatic heterocycles. The van der Waals surface area contributed by atoms with Crippen LogP contribution in [0.4, 0.5) is 0 Å². The molecule has 0 aromatic rings. The standard InChI is InChI=1S/C57H101N11O12/c1-23-25-26-35(11)47(70)46-51(74)60-40(24-2)53(76)62(16)30-44(69)63(17)38(14)50(73)61-41(27-31(3)4)54(77)64(18)39(15)49(72)58-36(12)48(71)59-37(13)52(75)65(19)42(28-32(5)6)55(78)66(20)43(29-33(7)8)56(79)67(21)45(34(9)10)57(80)68(46)22/h23,25,31-43,45-47,70H,24,26-30H2,1-22H3,(H,58,72)(H,59,71)(H,60,74)(H,61,73)/b25-23+/t35-,36+,37-,38+,39+,40+,41+,42+,43-,45+,46+,47-/m1/s1. The number of carbonyl (C=O) groups excluding carboxylic acids is 11. The Bertz CT molecular complexity index is 2200. The van der Waals surface area contributed by atoms with Crippen molar-refractivity contribution in [2.45, 2.75) is 202 Å². The fourth-order valence-electron chi connectivity index (χ4n) is 9.61. The Balaban J connectivity index is 4.17. The van der Waals surface area contributed by atoms with Crippen LogP contribution in [0.5, 0.6) is 0 Å². The van der Waals surface area contributed by atoms with E-state index in [-0.39, 0.29) is 43.4 Å². The monoisotopic (exact) mass is 1130 g/mol. The number of nitrogens with zero attached hydrogens (tertiary/aromatic N) is 7. The fourth-order valence-corrected chi connectivity index (χ4v) is 9.61. The highest BCUT2D eigenvalue weighted by Crippen LogP contribution is 2.25. The molecule has 1 saturated heterocycles. The van der Waals surface area contributed by atoms with Gasteiger partial charge < -0.3 is 60.7 Å². The number of aliphatic hydroxyl groups is 1. The smallest absolute Gasteiger partial charge is 0.246 e. The molecule has 456 valence electrons. The van der Waals surface area contributed by atoms with Gasteiger partial charge in [-0.2, -0.15) is 0 Å². The first-order chi connectivity index (χ1) is 36.9. The van der Waals surface area contributed by atoms with E-state index in [1.165, 1.54) is 91.7 Å². The van der Waals surface area contributed by atoms with Crippen LogP contribution >= 0.6 is 0 Å². The predicted molar refractivity (Wildman–Crippen MR) is 305 cm³/mol. The highest BCUT2D eigenvalue weighted by Gasteiger charge is 2.45. The van der Waals surface area contributed by atoms with E-state index in [9.17, 15) is 48.3 Å². The summed E-state index contributed by atoms with van der Waals surface area (Å²) in [6, 6.07) is -12.3. The Hall–Kier alpha value is -6.13. The van der Waals surface area contributed by atoms with Gasteiger partial charge in [0.1, 0.15) is 60.4 Å². The van der Waals surface area contributed by atoms with Crippen molar-refractivity contribution in [3.05, 3.63) is 12.2 Å². The zero-order valence-corrected chi connectivity index (χ0v) is 52.2. The van der Waals surface area contributed by atoms with Crippen LogP contribution in [0, 0.1) is 29.6 Å². The maximum absolute atomic E-state index is 15.0. The van der Waals surface area contributed by atoms with Crippen LogP contribution in [-0.2, 0) is 52.7 Å². The summed E-state index contributed by atoms with van der Waals surface area (Å²) >= 11 is 0. The molecule has 11 amide bonds. The number of hydrogen-bond acceptors (Lipinski definition) is 12. The van der Waals surface area contributed by atoms with Gasteiger partial charge in [-0.3, -0.25) is 52.7 Å². The third-order valence-corrected chi connectivity index (χ3v) is 15.2. The summed E-state index contributed by atoms with van der Waals surface area (Å²) in [7, 11) is 9.74. The number of carbonyl (C=O) groups is 11. The third kappa shape index (κ3) is 19.6. The van der Waals surface area contributed by atoms with E-state index in [1.807, 2.05) is 41.5 Å². The van der Waals surface area contributed by atoms with Gasteiger partial charge in [-0.25, -0.2) is 0 Å². The zero-order chi connectivity index (χ0) is 62.1. The lowest BCUT2D eigenvalue weighted by molar-refractivity contribution is -0.157. The van der Waals surface area contributed by atoms with Crippen LogP contribution in [0.25, 0.3) is 0 Å². The maximum atomic E-state index is 15.0. The summed E-state index contributed by atoms with van der Waals surface area (Å²) in [4.78, 5) is 165. The topological polar surface area (TPSA) is 279 Å². The lowest BCUT2D eigenvalue weighted by Gasteiger charge is -2.41. The largest absolute Gasteiger partial charge is 0.390 e. The molecule has 1 aliphatic heterocycles. The van der Waals surface area contributed by atoms with Crippen molar-refractivity contribution >= 4 is 65.0 Å². The van der Waals surface area contributed by atoms with Gasteiger partial charge >= 0.3 is 0 Å². The average molecular weight is 1130 g/mol. The van der Waals surface area contributed by atoms with Gasteiger partial charge in [0.2, 0.25) is 65.0 Å². The van der Waals surface area contributed by atoms with E-state index in [0.717, 1.165) is 19.6 Å². The van der Waals surface area contributed by atoms with E-state index in [4.69, 9.17) is 0 Å². The Labute approximate surface area is 477 Å². The van der Waals surface area contributed by atoms with Gasteiger partial charge in [0.15, 0.2) is 0 Å².